The minimum absolute atomic E-state index is 0.110. The second-order valence-electron chi connectivity index (χ2n) is 5.42. The Kier molecular flexibility index (Phi) is 3.92. The van der Waals surface area contributed by atoms with E-state index in [1.807, 2.05) is 45.2 Å². The molecule has 118 valence electrons. The first-order valence-corrected chi connectivity index (χ1v) is 7.30. The van der Waals surface area contributed by atoms with Gasteiger partial charge in [0.2, 0.25) is 0 Å². The molecule has 2 aromatic heterocycles. The molecule has 1 aromatic carbocycles. The van der Waals surface area contributed by atoms with Crippen LogP contribution in [0.3, 0.4) is 0 Å². The number of imidazole rings is 1. The van der Waals surface area contributed by atoms with E-state index in [1.54, 1.807) is 21.9 Å². The van der Waals surface area contributed by atoms with Gasteiger partial charge in [0.05, 0.1) is 23.8 Å². The highest BCUT2D eigenvalue weighted by Crippen LogP contribution is 2.16. The Labute approximate surface area is 134 Å². The van der Waals surface area contributed by atoms with Gasteiger partial charge < -0.3 is 9.88 Å². The summed E-state index contributed by atoms with van der Waals surface area (Å²) in [5.74, 6) is -0.129. The summed E-state index contributed by atoms with van der Waals surface area (Å²) in [4.78, 5) is 20.5. The standard InChI is InChI=1S/C16H18N6O/c1-11(20-16(23)15-12(2)18-10-21(15)3)13-4-6-14(7-5-13)22-9-17-8-19-22/h4-11H,1-3H3,(H,20,23)/t11-/m1/s1. The SMILES string of the molecule is Cc1ncn(C)c1C(=O)N[C@H](C)c1ccc(-n2cncn2)cc1. The van der Waals surface area contributed by atoms with Crippen molar-refractivity contribution in [3.8, 4) is 5.69 Å². The fourth-order valence-electron chi connectivity index (χ4n) is 2.48. The van der Waals surface area contributed by atoms with Gasteiger partial charge in [-0.05, 0) is 31.5 Å². The Morgan fingerprint density at radius 3 is 2.52 bits per heavy atom. The maximum atomic E-state index is 12.4. The highest BCUT2D eigenvalue weighted by Gasteiger charge is 2.17. The summed E-state index contributed by atoms with van der Waals surface area (Å²) in [5.41, 5.74) is 3.24. The molecular weight excluding hydrogens is 292 g/mol. The molecule has 1 amide bonds. The third-order valence-electron chi connectivity index (χ3n) is 3.76. The van der Waals surface area contributed by atoms with E-state index in [-0.39, 0.29) is 11.9 Å². The van der Waals surface area contributed by atoms with Gasteiger partial charge in [0, 0.05) is 7.05 Å². The number of hydrogen-bond acceptors (Lipinski definition) is 4. The molecule has 0 aliphatic rings. The van der Waals surface area contributed by atoms with Crippen molar-refractivity contribution in [3.05, 3.63) is 60.2 Å². The zero-order valence-corrected chi connectivity index (χ0v) is 13.3. The lowest BCUT2D eigenvalue weighted by Gasteiger charge is -2.15. The number of amides is 1. The lowest BCUT2D eigenvalue weighted by atomic mass is 10.1. The van der Waals surface area contributed by atoms with Crippen molar-refractivity contribution in [2.75, 3.05) is 0 Å². The molecule has 0 radical (unpaired) electrons. The van der Waals surface area contributed by atoms with Gasteiger partial charge >= 0.3 is 0 Å². The molecule has 0 aliphatic carbocycles. The summed E-state index contributed by atoms with van der Waals surface area (Å²) in [6.07, 6.45) is 4.78. The summed E-state index contributed by atoms with van der Waals surface area (Å²) < 4.78 is 3.41. The number of benzene rings is 1. The number of carbonyl (C=O) groups is 1. The normalized spacial score (nSPS) is 12.1. The van der Waals surface area contributed by atoms with E-state index < -0.39 is 0 Å². The predicted octanol–water partition coefficient (Wildman–Crippen LogP) is 1.80. The Morgan fingerprint density at radius 1 is 1.22 bits per heavy atom. The van der Waals surface area contributed by atoms with E-state index in [2.05, 4.69) is 20.4 Å². The molecule has 7 heteroatoms. The van der Waals surface area contributed by atoms with Gasteiger partial charge in [-0.25, -0.2) is 14.6 Å². The van der Waals surface area contributed by atoms with Gasteiger partial charge in [0.25, 0.3) is 5.91 Å². The summed E-state index contributed by atoms with van der Waals surface area (Å²) in [6.45, 7) is 3.78. The van der Waals surface area contributed by atoms with Gasteiger partial charge in [-0.2, -0.15) is 5.10 Å². The lowest BCUT2D eigenvalue weighted by molar-refractivity contribution is 0.0931. The Balaban J connectivity index is 1.73. The fraction of sp³-hybridized carbons (Fsp3) is 0.250. The second kappa shape index (κ2) is 6.04. The van der Waals surface area contributed by atoms with Crippen molar-refractivity contribution in [2.45, 2.75) is 19.9 Å². The quantitative estimate of drug-likeness (QED) is 0.797. The maximum Gasteiger partial charge on any atom is 0.270 e. The third kappa shape index (κ3) is 2.98. The molecule has 0 aliphatic heterocycles. The van der Waals surface area contributed by atoms with Crippen molar-refractivity contribution in [2.24, 2.45) is 7.05 Å². The smallest absolute Gasteiger partial charge is 0.270 e. The van der Waals surface area contributed by atoms with Crippen LogP contribution in [0.4, 0.5) is 0 Å². The van der Waals surface area contributed by atoms with Crippen LogP contribution in [0.5, 0.6) is 0 Å². The Morgan fingerprint density at radius 2 is 1.96 bits per heavy atom. The fourth-order valence-corrected chi connectivity index (χ4v) is 2.48. The molecule has 0 saturated heterocycles. The second-order valence-corrected chi connectivity index (χ2v) is 5.42. The Hall–Kier alpha value is -2.96. The van der Waals surface area contributed by atoms with E-state index in [0.717, 1.165) is 16.9 Å². The molecule has 0 unspecified atom stereocenters. The summed E-state index contributed by atoms with van der Waals surface area (Å²) in [7, 11) is 1.81. The first kappa shape index (κ1) is 15.0. The van der Waals surface area contributed by atoms with Gasteiger partial charge in [-0.1, -0.05) is 12.1 Å². The van der Waals surface area contributed by atoms with Gasteiger partial charge in [-0.15, -0.1) is 0 Å². The summed E-state index contributed by atoms with van der Waals surface area (Å²) >= 11 is 0. The van der Waals surface area contributed by atoms with Crippen molar-refractivity contribution < 1.29 is 4.79 Å². The molecule has 0 fully saturated rings. The first-order chi connectivity index (χ1) is 11.1. The van der Waals surface area contributed by atoms with Gasteiger partial charge in [-0.3, -0.25) is 4.79 Å². The molecular formula is C16H18N6O. The number of carbonyl (C=O) groups excluding carboxylic acids is 1. The zero-order valence-electron chi connectivity index (χ0n) is 13.3. The molecule has 3 aromatic rings. The minimum atomic E-state index is -0.129. The molecule has 0 saturated carbocycles. The van der Waals surface area contributed by atoms with E-state index in [0.29, 0.717) is 5.69 Å². The monoisotopic (exact) mass is 310 g/mol. The highest BCUT2D eigenvalue weighted by atomic mass is 16.2. The van der Waals surface area contributed by atoms with Crippen LogP contribution in [0.15, 0.2) is 43.2 Å². The number of rotatable bonds is 4. The molecule has 1 atom stereocenters. The number of aryl methyl sites for hydroxylation is 2. The van der Waals surface area contributed by atoms with Crippen molar-refractivity contribution in [1.29, 1.82) is 0 Å². The summed E-state index contributed by atoms with van der Waals surface area (Å²) in [6, 6.07) is 7.72. The van der Waals surface area contributed by atoms with Crippen LogP contribution in [0.2, 0.25) is 0 Å². The lowest BCUT2D eigenvalue weighted by Crippen LogP contribution is -2.28. The van der Waals surface area contributed by atoms with Crippen LogP contribution in [-0.2, 0) is 7.05 Å². The minimum Gasteiger partial charge on any atom is -0.344 e. The number of nitrogens with one attached hydrogen (secondary N) is 1. The molecule has 2 heterocycles. The number of aromatic nitrogens is 5. The van der Waals surface area contributed by atoms with Crippen molar-refractivity contribution >= 4 is 5.91 Å². The van der Waals surface area contributed by atoms with Crippen LogP contribution in [0.25, 0.3) is 5.69 Å². The van der Waals surface area contributed by atoms with Crippen LogP contribution < -0.4 is 5.32 Å². The van der Waals surface area contributed by atoms with Crippen molar-refractivity contribution in [1.82, 2.24) is 29.6 Å². The number of nitrogens with zero attached hydrogens (tertiary/aromatic N) is 5. The third-order valence-corrected chi connectivity index (χ3v) is 3.76. The maximum absolute atomic E-state index is 12.4. The van der Waals surface area contributed by atoms with E-state index in [9.17, 15) is 4.79 Å². The summed E-state index contributed by atoms with van der Waals surface area (Å²) in [5, 5.41) is 7.09. The van der Waals surface area contributed by atoms with Crippen LogP contribution in [0.1, 0.15) is 34.7 Å². The van der Waals surface area contributed by atoms with Crippen LogP contribution in [0, 0.1) is 6.92 Å². The van der Waals surface area contributed by atoms with E-state index in [4.69, 9.17) is 0 Å². The first-order valence-electron chi connectivity index (χ1n) is 7.30. The highest BCUT2D eigenvalue weighted by molar-refractivity contribution is 5.93. The van der Waals surface area contributed by atoms with E-state index >= 15 is 0 Å². The average molecular weight is 310 g/mol. The van der Waals surface area contributed by atoms with E-state index in [1.165, 1.54) is 6.33 Å². The molecule has 0 bridgehead atoms. The average Bonchev–Trinajstić information content (AvgIpc) is 3.17. The zero-order chi connectivity index (χ0) is 16.4. The Bertz CT molecular complexity index is 784. The largest absolute Gasteiger partial charge is 0.344 e. The predicted molar refractivity (Wildman–Crippen MR) is 85.2 cm³/mol. The number of hydrogen-bond donors (Lipinski definition) is 1. The van der Waals surface area contributed by atoms with Crippen molar-refractivity contribution in [3.63, 3.8) is 0 Å². The van der Waals surface area contributed by atoms with Crippen LogP contribution in [-0.4, -0.2) is 30.2 Å². The molecule has 0 spiro atoms. The molecule has 7 nitrogen and oxygen atoms in total. The van der Waals surface area contributed by atoms with Gasteiger partial charge in [0.1, 0.15) is 18.3 Å². The molecule has 1 N–H and O–H groups in total. The van der Waals surface area contributed by atoms with Gasteiger partial charge in [0.15, 0.2) is 0 Å². The van der Waals surface area contributed by atoms with Crippen LogP contribution >= 0.6 is 0 Å². The molecule has 23 heavy (non-hydrogen) atoms. The molecule has 3 rings (SSSR count). The topological polar surface area (TPSA) is 77.6 Å².